The Labute approximate surface area is 152 Å². The van der Waals surface area contributed by atoms with E-state index in [2.05, 4.69) is 24.5 Å². The van der Waals surface area contributed by atoms with Crippen LogP contribution in [0, 0.1) is 19.8 Å². The number of likely N-dealkylation sites (N-methyl/N-ethyl adjacent to an activating group) is 1. The lowest BCUT2D eigenvalue weighted by molar-refractivity contribution is -0.123. The van der Waals surface area contributed by atoms with Crippen LogP contribution in [0.4, 0.5) is 5.69 Å². The van der Waals surface area contributed by atoms with Crippen molar-refractivity contribution in [2.45, 2.75) is 53.5 Å². The first-order valence-electron chi connectivity index (χ1n) is 9.03. The molecule has 5 nitrogen and oxygen atoms in total. The molecule has 0 aliphatic rings. The Hall–Kier alpha value is -1.88. The van der Waals surface area contributed by atoms with Gasteiger partial charge in [0, 0.05) is 11.7 Å². The molecule has 1 aromatic carbocycles. The van der Waals surface area contributed by atoms with Crippen molar-refractivity contribution in [3.05, 3.63) is 29.3 Å². The molecule has 1 rings (SSSR count). The van der Waals surface area contributed by atoms with Crippen LogP contribution < -0.4 is 10.6 Å². The van der Waals surface area contributed by atoms with Crippen LogP contribution in [0.1, 0.15) is 44.7 Å². The third-order valence-corrected chi connectivity index (χ3v) is 4.29. The molecule has 140 valence electrons. The van der Waals surface area contributed by atoms with Gasteiger partial charge >= 0.3 is 0 Å². The van der Waals surface area contributed by atoms with Crippen LogP contribution >= 0.6 is 0 Å². The molecule has 1 aromatic rings. The summed E-state index contributed by atoms with van der Waals surface area (Å²) in [6, 6.07) is 5.99. The van der Waals surface area contributed by atoms with Crippen LogP contribution in [0.5, 0.6) is 0 Å². The molecule has 0 bridgehead atoms. The van der Waals surface area contributed by atoms with Gasteiger partial charge in [0.15, 0.2) is 0 Å². The van der Waals surface area contributed by atoms with Crippen LogP contribution in [0.25, 0.3) is 0 Å². The third kappa shape index (κ3) is 8.16. The molecule has 0 aromatic heterocycles. The Morgan fingerprint density at radius 1 is 1.04 bits per heavy atom. The van der Waals surface area contributed by atoms with Crippen LogP contribution in [0.2, 0.25) is 0 Å². The van der Waals surface area contributed by atoms with E-state index in [4.69, 9.17) is 0 Å². The molecule has 0 fully saturated rings. The van der Waals surface area contributed by atoms with Crippen LogP contribution in [0.15, 0.2) is 18.2 Å². The number of rotatable bonds is 9. The molecule has 0 unspecified atom stereocenters. The van der Waals surface area contributed by atoms with Crippen LogP contribution in [0.3, 0.4) is 0 Å². The fourth-order valence-corrected chi connectivity index (χ4v) is 2.60. The zero-order valence-electron chi connectivity index (χ0n) is 16.5. The van der Waals surface area contributed by atoms with Gasteiger partial charge in [0.1, 0.15) is 0 Å². The molecule has 0 aliphatic carbocycles. The molecule has 0 radical (unpaired) electrons. The summed E-state index contributed by atoms with van der Waals surface area (Å²) in [6.45, 7) is 10.8. The van der Waals surface area contributed by atoms with E-state index in [0.717, 1.165) is 29.7 Å². The van der Waals surface area contributed by atoms with Gasteiger partial charge < -0.3 is 10.6 Å². The maximum atomic E-state index is 12.2. The van der Waals surface area contributed by atoms with Gasteiger partial charge in [0.25, 0.3) is 0 Å². The molecular formula is C20H33N3O2. The van der Waals surface area contributed by atoms with E-state index in [0.29, 0.717) is 5.92 Å². The average Bonchev–Trinajstić information content (AvgIpc) is 2.49. The minimum absolute atomic E-state index is 0.0432. The summed E-state index contributed by atoms with van der Waals surface area (Å²) >= 11 is 0. The Balaban J connectivity index is 2.40. The van der Waals surface area contributed by atoms with E-state index in [1.165, 1.54) is 0 Å². The van der Waals surface area contributed by atoms with Crippen LogP contribution in [-0.4, -0.2) is 42.9 Å². The fourth-order valence-electron chi connectivity index (χ4n) is 2.60. The smallest absolute Gasteiger partial charge is 0.238 e. The summed E-state index contributed by atoms with van der Waals surface area (Å²) in [5.41, 5.74) is 3.03. The zero-order chi connectivity index (χ0) is 19.0. The van der Waals surface area contributed by atoms with E-state index < -0.39 is 0 Å². The SMILES string of the molecule is Cc1cccc(NC(=O)CN(C)CC(=O)N[C@H](C)CCC(C)C)c1C. The number of nitrogens with one attached hydrogen (secondary N) is 2. The summed E-state index contributed by atoms with van der Waals surface area (Å²) < 4.78 is 0. The largest absolute Gasteiger partial charge is 0.353 e. The summed E-state index contributed by atoms with van der Waals surface area (Å²) in [5, 5.41) is 5.91. The van der Waals surface area contributed by atoms with Gasteiger partial charge in [-0.3, -0.25) is 14.5 Å². The lowest BCUT2D eigenvalue weighted by Gasteiger charge is -2.19. The predicted molar refractivity (Wildman–Crippen MR) is 104 cm³/mol. The van der Waals surface area contributed by atoms with Gasteiger partial charge in [-0.05, 0) is 63.8 Å². The molecule has 0 heterocycles. The van der Waals surface area contributed by atoms with Crippen molar-refractivity contribution in [2.24, 2.45) is 5.92 Å². The average molecular weight is 348 g/mol. The molecule has 1 atom stereocenters. The summed E-state index contributed by atoms with van der Waals surface area (Å²) in [4.78, 5) is 26.0. The van der Waals surface area contributed by atoms with E-state index in [-0.39, 0.29) is 30.9 Å². The number of hydrogen-bond donors (Lipinski definition) is 2. The molecule has 2 N–H and O–H groups in total. The maximum absolute atomic E-state index is 12.2. The minimum atomic E-state index is -0.114. The number of aryl methyl sites for hydroxylation is 1. The molecule has 0 aliphatic heterocycles. The summed E-state index contributed by atoms with van der Waals surface area (Å²) in [6.07, 6.45) is 2.07. The predicted octanol–water partition coefficient (Wildman–Crippen LogP) is 3.11. The van der Waals surface area contributed by atoms with Crippen molar-refractivity contribution >= 4 is 17.5 Å². The second kappa shape index (κ2) is 10.2. The second-order valence-corrected chi connectivity index (χ2v) is 7.41. The lowest BCUT2D eigenvalue weighted by atomic mass is 10.0. The molecular weight excluding hydrogens is 314 g/mol. The van der Waals surface area contributed by atoms with Crippen LogP contribution in [-0.2, 0) is 9.59 Å². The van der Waals surface area contributed by atoms with Crippen molar-refractivity contribution in [3.63, 3.8) is 0 Å². The molecule has 0 saturated heterocycles. The van der Waals surface area contributed by atoms with E-state index in [9.17, 15) is 9.59 Å². The van der Waals surface area contributed by atoms with Crippen molar-refractivity contribution in [1.29, 1.82) is 0 Å². The number of benzene rings is 1. The first kappa shape index (κ1) is 21.2. The van der Waals surface area contributed by atoms with Gasteiger partial charge in [-0.1, -0.05) is 26.0 Å². The van der Waals surface area contributed by atoms with Crippen molar-refractivity contribution in [3.8, 4) is 0 Å². The monoisotopic (exact) mass is 347 g/mol. The summed E-state index contributed by atoms with van der Waals surface area (Å²) in [5.74, 6) is 0.478. The Morgan fingerprint density at radius 3 is 2.32 bits per heavy atom. The second-order valence-electron chi connectivity index (χ2n) is 7.41. The highest BCUT2D eigenvalue weighted by Gasteiger charge is 2.14. The lowest BCUT2D eigenvalue weighted by Crippen LogP contribution is -2.42. The third-order valence-electron chi connectivity index (χ3n) is 4.29. The number of hydrogen-bond acceptors (Lipinski definition) is 3. The Morgan fingerprint density at radius 2 is 1.68 bits per heavy atom. The normalized spacial score (nSPS) is 12.3. The van der Waals surface area contributed by atoms with Gasteiger partial charge in [-0.25, -0.2) is 0 Å². The highest BCUT2D eigenvalue weighted by Crippen LogP contribution is 2.17. The minimum Gasteiger partial charge on any atom is -0.353 e. The highest BCUT2D eigenvalue weighted by atomic mass is 16.2. The molecule has 5 heteroatoms. The highest BCUT2D eigenvalue weighted by molar-refractivity contribution is 5.93. The van der Waals surface area contributed by atoms with E-state index >= 15 is 0 Å². The first-order chi connectivity index (χ1) is 11.7. The Bertz CT molecular complexity index is 584. The fraction of sp³-hybridized carbons (Fsp3) is 0.600. The van der Waals surface area contributed by atoms with Crippen molar-refractivity contribution in [1.82, 2.24) is 10.2 Å². The van der Waals surface area contributed by atoms with Gasteiger partial charge in [0.2, 0.25) is 11.8 Å². The maximum Gasteiger partial charge on any atom is 0.238 e. The number of amides is 2. The topological polar surface area (TPSA) is 61.4 Å². The summed E-state index contributed by atoms with van der Waals surface area (Å²) in [7, 11) is 1.78. The van der Waals surface area contributed by atoms with Gasteiger partial charge in [0.05, 0.1) is 13.1 Å². The van der Waals surface area contributed by atoms with E-state index in [1.54, 1.807) is 11.9 Å². The number of carbonyl (C=O) groups excluding carboxylic acids is 2. The number of anilines is 1. The quantitative estimate of drug-likeness (QED) is 0.721. The number of nitrogens with zero attached hydrogens (tertiary/aromatic N) is 1. The first-order valence-corrected chi connectivity index (χ1v) is 9.03. The van der Waals surface area contributed by atoms with E-state index in [1.807, 2.05) is 39.0 Å². The molecule has 0 saturated carbocycles. The molecule has 25 heavy (non-hydrogen) atoms. The number of carbonyl (C=O) groups is 2. The standard InChI is InChI=1S/C20H33N3O2/c1-14(2)10-11-16(4)21-19(24)12-23(6)13-20(25)22-18-9-7-8-15(3)17(18)5/h7-9,14,16H,10-13H2,1-6H3,(H,21,24)(H,22,25)/t16-/m1/s1. The van der Waals surface area contributed by atoms with Gasteiger partial charge in [-0.2, -0.15) is 0 Å². The van der Waals surface area contributed by atoms with Gasteiger partial charge in [-0.15, -0.1) is 0 Å². The molecule has 2 amide bonds. The van der Waals surface area contributed by atoms with Crippen molar-refractivity contribution < 1.29 is 9.59 Å². The Kier molecular flexibility index (Phi) is 8.62. The zero-order valence-corrected chi connectivity index (χ0v) is 16.5. The van der Waals surface area contributed by atoms with Crippen molar-refractivity contribution in [2.75, 3.05) is 25.5 Å². The molecule has 0 spiro atoms.